The Balaban J connectivity index is 2.13. The molecule has 0 spiro atoms. The minimum atomic E-state index is -0.151. The molecule has 2 rings (SSSR count). The van der Waals surface area contributed by atoms with Crippen LogP contribution in [0.25, 0.3) is 0 Å². The average Bonchev–Trinajstić information content (AvgIpc) is 2.81. The Kier molecular flexibility index (Phi) is 4.60. The first-order valence-electron chi connectivity index (χ1n) is 7.08. The third-order valence-corrected chi connectivity index (χ3v) is 4.43. The molecule has 1 aromatic rings. The van der Waals surface area contributed by atoms with Crippen LogP contribution in [0.4, 0.5) is 0 Å². The zero-order chi connectivity index (χ0) is 13.9. The Morgan fingerprint density at radius 1 is 1.68 bits per heavy atom. The quantitative estimate of drug-likeness (QED) is 0.624. The largest absolute Gasteiger partial charge is 0.377 e. The summed E-state index contributed by atoms with van der Waals surface area (Å²) in [6.45, 7) is 2.30. The predicted octanol–water partition coefficient (Wildman–Crippen LogP) is 1.39. The fourth-order valence-electron chi connectivity index (χ4n) is 3.40. The molecule has 1 saturated carbocycles. The smallest absolute Gasteiger partial charge is 0.0850 e. The summed E-state index contributed by atoms with van der Waals surface area (Å²) in [5, 5.41) is 4.22. The maximum Gasteiger partial charge on any atom is 0.0850 e. The molecule has 3 N–H and O–H groups in total. The molecule has 5 heteroatoms. The highest BCUT2D eigenvalue weighted by molar-refractivity contribution is 5.10. The molecule has 0 bridgehead atoms. The highest BCUT2D eigenvalue weighted by Gasteiger charge is 2.41. The maximum atomic E-state index is 5.91. The van der Waals surface area contributed by atoms with Crippen LogP contribution in [0.2, 0.25) is 0 Å². The highest BCUT2D eigenvalue weighted by Crippen LogP contribution is 2.38. The van der Waals surface area contributed by atoms with Gasteiger partial charge in [-0.2, -0.15) is 5.10 Å². The molecule has 0 amide bonds. The van der Waals surface area contributed by atoms with Gasteiger partial charge in [0.2, 0.25) is 0 Å². The number of hydrogen-bond acceptors (Lipinski definition) is 4. The van der Waals surface area contributed by atoms with Gasteiger partial charge in [-0.15, -0.1) is 0 Å². The summed E-state index contributed by atoms with van der Waals surface area (Å²) >= 11 is 0. The molecule has 1 fully saturated rings. The summed E-state index contributed by atoms with van der Waals surface area (Å²) < 4.78 is 7.74. The van der Waals surface area contributed by atoms with Crippen LogP contribution < -0.4 is 11.3 Å². The summed E-state index contributed by atoms with van der Waals surface area (Å²) in [7, 11) is 3.74. The van der Waals surface area contributed by atoms with Gasteiger partial charge in [-0.25, -0.2) is 0 Å². The Hall–Kier alpha value is -0.910. The van der Waals surface area contributed by atoms with E-state index in [-0.39, 0.29) is 11.6 Å². The molecule has 0 aliphatic heterocycles. The number of nitrogens with two attached hydrogens (primary N) is 1. The molecule has 5 nitrogen and oxygen atoms in total. The molecule has 3 unspecified atom stereocenters. The van der Waals surface area contributed by atoms with Crippen LogP contribution in [0.15, 0.2) is 12.4 Å². The van der Waals surface area contributed by atoms with E-state index in [0.717, 1.165) is 19.3 Å². The molecule has 19 heavy (non-hydrogen) atoms. The molecule has 0 radical (unpaired) electrons. The average molecular weight is 266 g/mol. The zero-order valence-electron chi connectivity index (χ0n) is 12.2. The molecule has 1 aliphatic carbocycles. The van der Waals surface area contributed by atoms with E-state index in [2.05, 4.69) is 17.4 Å². The molecular weight excluding hydrogens is 240 g/mol. The fourth-order valence-corrected chi connectivity index (χ4v) is 3.40. The van der Waals surface area contributed by atoms with Crippen LogP contribution in [0, 0.1) is 5.92 Å². The summed E-state index contributed by atoms with van der Waals surface area (Å²) in [5.41, 5.74) is 4.02. The summed E-state index contributed by atoms with van der Waals surface area (Å²) in [4.78, 5) is 0. The molecule has 1 heterocycles. The van der Waals surface area contributed by atoms with E-state index in [1.807, 2.05) is 31.2 Å². The van der Waals surface area contributed by atoms with Crippen LogP contribution in [0.5, 0.6) is 0 Å². The zero-order valence-corrected chi connectivity index (χ0v) is 12.2. The predicted molar refractivity (Wildman–Crippen MR) is 75.4 cm³/mol. The van der Waals surface area contributed by atoms with Gasteiger partial charge >= 0.3 is 0 Å². The number of hydrazine groups is 1. The first-order valence-corrected chi connectivity index (χ1v) is 7.08. The van der Waals surface area contributed by atoms with Crippen molar-refractivity contribution in [2.75, 3.05) is 7.11 Å². The van der Waals surface area contributed by atoms with Gasteiger partial charge in [0.25, 0.3) is 0 Å². The van der Waals surface area contributed by atoms with Crippen molar-refractivity contribution in [1.82, 2.24) is 15.2 Å². The summed E-state index contributed by atoms with van der Waals surface area (Å²) in [6, 6.07) is 0.129. The molecule has 0 aromatic carbocycles. The van der Waals surface area contributed by atoms with Gasteiger partial charge in [0, 0.05) is 20.4 Å². The van der Waals surface area contributed by atoms with Crippen molar-refractivity contribution < 1.29 is 4.74 Å². The van der Waals surface area contributed by atoms with Crippen LogP contribution in [0.3, 0.4) is 0 Å². The van der Waals surface area contributed by atoms with Crippen molar-refractivity contribution in [1.29, 1.82) is 0 Å². The lowest BCUT2D eigenvalue weighted by molar-refractivity contribution is -0.0791. The lowest BCUT2D eigenvalue weighted by Gasteiger charge is -2.44. The third kappa shape index (κ3) is 3.16. The number of hydrogen-bond donors (Lipinski definition) is 2. The normalized spacial score (nSPS) is 29.4. The standard InChI is InChI=1S/C14H26N4O/c1-11-5-4-6-14(8-11,19-3)13(17-15)7-12-9-16-18(2)10-12/h9-11,13,17H,4-8,15H2,1-3H3. The van der Waals surface area contributed by atoms with Crippen molar-refractivity contribution >= 4 is 0 Å². The second kappa shape index (κ2) is 6.03. The number of rotatable bonds is 5. The van der Waals surface area contributed by atoms with Crippen LogP contribution >= 0.6 is 0 Å². The molecular formula is C14H26N4O. The topological polar surface area (TPSA) is 65.1 Å². The Morgan fingerprint density at radius 3 is 3.00 bits per heavy atom. The minimum absolute atomic E-state index is 0.129. The van der Waals surface area contributed by atoms with Crippen molar-refractivity contribution in [2.45, 2.75) is 50.7 Å². The van der Waals surface area contributed by atoms with E-state index in [0.29, 0.717) is 5.92 Å². The molecule has 3 atom stereocenters. The fraction of sp³-hybridized carbons (Fsp3) is 0.786. The molecule has 1 aliphatic rings. The van der Waals surface area contributed by atoms with Crippen molar-refractivity contribution in [3.05, 3.63) is 18.0 Å². The molecule has 0 saturated heterocycles. The maximum absolute atomic E-state index is 5.91. The van der Waals surface area contributed by atoms with Gasteiger partial charge in [-0.1, -0.05) is 19.8 Å². The van der Waals surface area contributed by atoms with Crippen LogP contribution in [0.1, 0.15) is 38.2 Å². The molecule has 1 aromatic heterocycles. The number of aromatic nitrogens is 2. The Bertz CT molecular complexity index is 406. The van der Waals surface area contributed by atoms with Crippen molar-refractivity contribution in [2.24, 2.45) is 18.8 Å². The summed E-state index contributed by atoms with van der Waals surface area (Å²) in [6.07, 6.45) is 9.43. The van der Waals surface area contributed by atoms with Gasteiger partial charge in [0.05, 0.1) is 17.8 Å². The van der Waals surface area contributed by atoms with E-state index < -0.39 is 0 Å². The van der Waals surface area contributed by atoms with Gasteiger partial charge in [-0.05, 0) is 30.7 Å². The van der Waals surface area contributed by atoms with Crippen LogP contribution in [-0.2, 0) is 18.2 Å². The summed E-state index contributed by atoms with van der Waals surface area (Å²) in [5.74, 6) is 6.50. The van der Waals surface area contributed by atoms with Gasteiger partial charge in [0.1, 0.15) is 0 Å². The lowest BCUT2D eigenvalue weighted by Crippen LogP contribution is -2.57. The second-order valence-electron chi connectivity index (χ2n) is 5.92. The number of aryl methyl sites for hydroxylation is 1. The Morgan fingerprint density at radius 2 is 2.47 bits per heavy atom. The highest BCUT2D eigenvalue weighted by atomic mass is 16.5. The number of nitrogens with one attached hydrogen (secondary N) is 1. The lowest BCUT2D eigenvalue weighted by atomic mass is 9.73. The monoisotopic (exact) mass is 266 g/mol. The van der Waals surface area contributed by atoms with E-state index in [1.165, 1.54) is 18.4 Å². The number of methoxy groups -OCH3 is 1. The van der Waals surface area contributed by atoms with E-state index in [1.54, 1.807) is 0 Å². The van der Waals surface area contributed by atoms with E-state index in [9.17, 15) is 0 Å². The SMILES string of the molecule is COC1(C(Cc2cnn(C)c2)NN)CCCC(C)C1. The van der Waals surface area contributed by atoms with Crippen molar-refractivity contribution in [3.8, 4) is 0 Å². The number of ether oxygens (including phenoxy) is 1. The first-order chi connectivity index (χ1) is 9.09. The van der Waals surface area contributed by atoms with E-state index >= 15 is 0 Å². The van der Waals surface area contributed by atoms with Crippen LogP contribution in [-0.4, -0.2) is 28.5 Å². The number of nitrogens with zero attached hydrogens (tertiary/aromatic N) is 2. The molecule has 108 valence electrons. The minimum Gasteiger partial charge on any atom is -0.377 e. The Labute approximate surface area is 115 Å². The van der Waals surface area contributed by atoms with Crippen molar-refractivity contribution in [3.63, 3.8) is 0 Å². The van der Waals surface area contributed by atoms with Gasteiger partial charge in [-0.3, -0.25) is 16.0 Å². The second-order valence-corrected chi connectivity index (χ2v) is 5.92. The van der Waals surface area contributed by atoms with Gasteiger partial charge < -0.3 is 4.74 Å². The third-order valence-electron chi connectivity index (χ3n) is 4.43. The van der Waals surface area contributed by atoms with E-state index in [4.69, 9.17) is 10.6 Å². The van der Waals surface area contributed by atoms with Gasteiger partial charge in [0.15, 0.2) is 0 Å². The first kappa shape index (κ1) is 14.5.